The minimum Gasteiger partial charge on any atom is -0.378 e. The normalized spacial score (nSPS) is 22.6. The van der Waals surface area contributed by atoms with Crippen molar-refractivity contribution in [3.8, 4) is 0 Å². The van der Waals surface area contributed by atoms with E-state index in [4.69, 9.17) is 0 Å². The number of amides is 1. The number of piperidine rings is 1. The number of carbonyl (C=O) groups excluding carboxylic acids is 1. The monoisotopic (exact) mass is 353 g/mol. The van der Waals surface area contributed by atoms with E-state index in [9.17, 15) is 9.90 Å². The van der Waals surface area contributed by atoms with Gasteiger partial charge in [0.05, 0.1) is 5.69 Å². The van der Waals surface area contributed by atoms with Gasteiger partial charge in [0.15, 0.2) is 6.10 Å². The molecule has 3 rings (SSSR count). The Hall–Kier alpha value is -1.11. The molecule has 2 aliphatic rings. The number of rotatable bonds is 2. The first-order chi connectivity index (χ1) is 9.97. The second-order valence-corrected chi connectivity index (χ2v) is 6.82. The summed E-state index contributed by atoms with van der Waals surface area (Å²) in [7, 11) is 4.26. The van der Waals surface area contributed by atoms with Crippen LogP contribution in [0.15, 0.2) is 16.6 Å². The third kappa shape index (κ3) is 2.67. The van der Waals surface area contributed by atoms with Crippen molar-refractivity contribution in [3.63, 3.8) is 0 Å². The highest BCUT2D eigenvalue weighted by atomic mass is 79.9. The Balaban J connectivity index is 1.82. The summed E-state index contributed by atoms with van der Waals surface area (Å²) in [4.78, 5) is 16.2. The Bertz CT molecular complexity index is 568. The molecule has 1 saturated heterocycles. The Morgan fingerprint density at radius 1 is 1.33 bits per heavy atom. The van der Waals surface area contributed by atoms with Crippen LogP contribution in [0, 0.1) is 0 Å². The molecule has 0 bridgehead atoms. The fraction of sp³-hybridized carbons (Fsp3) is 0.533. The third-order valence-corrected chi connectivity index (χ3v) is 5.09. The van der Waals surface area contributed by atoms with E-state index < -0.39 is 6.10 Å². The number of hydrogen-bond donors (Lipinski definition) is 2. The van der Waals surface area contributed by atoms with Gasteiger partial charge in [0.2, 0.25) is 0 Å². The molecule has 1 aromatic rings. The summed E-state index contributed by atoms with van der Waals surface area (Å²) in [6, 6.07) is 4.45. The van der Waals surface area contributed by atoms with Crippen molar-refractivity contribution in [2.75, 3.05) is 37.4 Å². The lowest BCUT2D eigenvalue weighted by Gasteiger charge is -2.37. The predicted octanol–water partition coefficient (Wildman–Crippen LogP) is 1.96. The molecule has 2 heterocycles. The van der Waals surface area contributed by atoms with Crippen LogP contribution in [-0.2, 0) is 4.79 Å². The molecule has 0 aromatic heterocycles. The molecule has 1 unspecified atom stereocenters. The minimum atomic E-state index is -1.05. The van der Waals surface area contributed by atoms with Crippen LogP contribution in [0.1, 0.15) is 24.5 Å². The van der Waals surface area contributed by atoms with Gasteiger partial charge in [0.1, 0.15) is 0 Å². The summed E-state index contributed by atoms with van der Waals surface area (Å²) in [6.07, 6.45) is 1.21. The van der Waals surface area contributed by atoms with Crippen LogP contribution >= 0.6 is 15.9 Å². The van der Waals surface area contributed by atoms with E-state index in [0.717, 1.165) is 41.8 Å². The lowest BCUT2D eigenvalue weighted by atomic mass is 10.0. The van der Waals surface area contributed by atoms with Crippen molar-refractivity contribution in [2.45, 2.75) is 25.0 Å². The first-order valence-electron chi connectivity index (χ1n) is 7.21. The SMILES string of the molecule is CN(C)C1CCN(c2cc3c(cc2Br)C(O)C(=O)N3)CC1. The van der Waals surface area contributed by atoms with Gasteiger partial charge in [-0.25, -0.2) is 0 Å². The smallest absolute Gasteiger partial charge is 0.257 e. The molecule has 2 N–H and O–H groups in total. The van der Waals surface area contributed by atoms with Gasteiger partial charge in [-0.2, -0.15) is 0 Å². The van der Waals surface area contributed by atoms with Gasteiger partial charge < -0.3 is 20.2 Å². The fourth-order valence-corrected chi connectivity index (χ4v) is 3.73. The van der Waals surface area contributed by atoms with Crippen molar-refractivity contribution in [1.82, 2.24) is 4.90 Å². The van der Waals surface area contributed by atoms with Crippen LogP contribution in [0.25, 0.3) is 0 Å². The average molecular weight is 354 g/mol. The van der Waals surface area contributed by atoms with E-state index in [2.05, 4.69) is 45.1 Å². The number of hydrogen-bond acceptors (Lipinski definition) is 4. The van der Waals surface area contributed by atoms with Crippen molar-refractivity contribution in [1.29, 1.82) is 0 Å². The summed E-state index contributed by atoms with van der Waals surface area (Å²) in [5.41, 5.74) is 2.46. The summed E-state index contributed by atoms with van der Waals surface area (Å²) in [5.74, 6) is -0.347. The van der Waals surface area contributed by atoms with E-state index in [-0.39, 0.29) is 5.91 Å². The molecule has 6 heteroatoms. The first-order valence-corrected chi connectivity index (χ1v) is 8.00. The van der Waals surface area contributed by atoms with Gasteiger partial charge in [-0.3, -0.25) is 4.79 Å². The molecule has 0 saturated carbocycles. The van der Waals surface area contributed by atoms with Crippen molar-refractivity contribution in [3.05, 3.63) is 22.2 Å². The zero-order chi connectivity index (χ0) is 15.1. The standard InChI is InChI=1S/C15H20BrN3O2/c1-18(2)9-3-5-19(6-4-9)13-8-12-10(7-11(13)16)14(20)15(21)17-12/h7-9,14,20H,3-6H2,1-2H3,(H,17,21). The number of aliphatic hydroxyl groups excluding tert-OH is 1. The highest BCUT2D eigenvalue weighted by molar-refractivity contribution is 9.10. The summed E-state index contributed by atoms with van der Waals surface area (Å²) in [6.45, 7) is 1.99. The van der Waals surface area contributed by atoms with E-state index in [1.165, 1.54) is 0 Å². The molecule has 5 nitrogen and oxygen atoms in total. The predicted molar refractivity (Wildman–Crippen MR) is 86.7 cm³/mol. The molecular formula is C15H20BrN3O2. The number of benzene rings is 1. The van der Waals surface area contributed by atoms with Crippen molar-refractivity contribution < 1.29 is 9.90 Å². The summed E-state index contributed by atoms with van der Waals surface area (Å²) in [5, 5.41) is 12.6. The number of halogens is 1. The molecule has 0 aliphatic carbocycles. The second kappa shape index (κ2) is 5.59. The van der Waals surface area contributed by atoms with Gasteiger partial charge in [-0.15, -0.1) is 0 Å². The highest BCUT2D eigenvalue weighted by Gasteiger charge is 2.31. The van der Waals surface area contributed by atoms with Gasteiger partial charge in [-0.1, -0.05) is 0 Å². The number of nitrogens with zero attached hydrogens (tertiary/aromatic N) is 2. The summed E-state index contributed by atoms with van der Waals surface area (Å²) >= 11 is 3.57. The van der Waals surface area contributed by atoms with E-state index in [0.29, 0.717) is 11.6 Å². The lowest BCUT2D eigenvalue weighted by molar-refractivity contribution is -0.123. The number of anilines is 2. The maximum Gasteiger partial charge on any atom is 0.257 e. The van der Waals surface area contributed by atoms with Crippen LogP contribution < -0.4 is 10.2 Å². The van der Waals surface area contributed by atoms with Gasteiger partial charge >= 0.3 is 0 Å². The lowest BCUT2D eigenvalue weighted by Crippen LogP contribution is -2.42. The highest BCUT2D eigenvalue weighted by Crippen LogP contribution is 2.39. The van der Waals surface area contributed by atoms with Crippen LogP contribution in [-0.4, -0.2) is 49.1 Å². The average Bonchev–Trinajstić information content (AvgIpc) is 2.73. The maximum absolute atomic E-state index is 11.6. The first kappa shape index (κ1) is 14.8. The largest absolute Gasteiger partial charge is 0.378 e. The molecule has 21 heavy (non-hydrogen) atoms. The minimum absolute atomic E-state index is 0.347. The quantitative estimate of drug-likeness (QED) is 0.853. The van der Waals surface area contributed by atoms with E-state index >= 15 is 0 Å². The number of carbonyl (C=O) groups is 1. The van der Waals surface area contributed by atoms with Crippen molar-refractivity contribution >= 4 is 33.2 Å². The Labute approximate surface area is 133 Å². The Morgan fingerprint density at radius 3 is 2.62 bits per heavy atom. The number of nitrogens with one attached hydrogen (secondary N) is 1. The van der Waals surface area contributed by atoms with Gasteiger partial charge in [0, 0.05) is 34.9 Å². The molecular weight excluding hydrogens is 334 g/mol. The van der Waals surface area contributed by atoms with E-state index in [1.54, 1.807) is 0 Å². The zero-order valence-corrected chi connectivity index (χ0v) is 13.9. The maximum atomic E-state index is 11.6. The summed E-state index contributed by atoms with van der Waals surface area (Å²) < 4.78 is 0.931. The zero-order valence-electron chi connectivity index (χ0n) is 12.3. The molecule has 2 aliphatic heterocycles. The van der Waals surface area contributed by atoms with Crippen LogP contribution in [0.4, 0.5) is 11.4 Å². The van der Waals surface area contributed by atoms with Crippen LogP contribution in [0.2, 0.25) is 0 Å². The Morgan fingerprint density at radius 2 is 2.00 bits per heavy atom. The molecule has 114 valence electrons. The molecule has 1 atom stereocenters. The van der Waals surface area contributed by atoms with Crippen molar-refractivity contribution in [2.24, 2.45) is 0 Å². The van der Waals surface area contributed by atoms with E-state index in [1.807, 2.05) is 12.1 Å². The topological polar surface area (TPSA) is 55.8 Å². The van der Waals surface area contributed by atoms with Gasteiger partial charge in [0.25, 0.3) is 5.91 Å². The molecule has 0 spiro atoms. The third-order valence-electron chi connectivity index (χ3n) is 4.46. The van der Waals surface area contributed by atoms with Gasteiger partial charge in [-0.05, 0) is 55.0 Å². The molecule has 1 amide bonds. The molecule has 1 aromatic carbocycles. The second-order valence-electron chi connectivity index (χ2n) is 5.96. The number of aliphatic hydroxyl groups is 1. The number of fused-ring (bicyclic) bond motifs is 1. The Kier molecular flexibility index (Phi) is 3.94. The molecule has 1 fully saturated rings. The molecule has 0 radical (unpaired) electrons. The van der Waals surface area contributed by atoms with Crippen LogP contribution in [0.5, 0.6) is 0 Å². The fourth-order valence-electron chi connectivity index (χ4n) is 3.12. The van der Waals surface area contributed by atoms with Crippen LogP contribution in [0.3, 0.4) is 0 Å².